The first-order valence-electron chi connectivity index (χ1n) is 4.15. The molecule has 5 heteroatoms. The number of nitrogens with zero attached hydrogens (tertiary/aromatic N) is 1. The summed E-state index contributed by atoms with van der Waals surface area (Å²) < 4.78 is 9.24. The van der Waals surface area contributed by atoms with Crippen LogP contribution in [0.25, 0.3) is 0 Å². The molecule has 0 saturated carbocycles. The molecule has 1 heterocycles. The molecular weight excluding hydrogens is 174 g/mol. The summed E-state index contributed by atoms with van der Waals surface area (Å²) in [4.78, 5) is 23.3. The van der Waals surface area contributed by atoms with E-state index in [0.29, 0.717) is 13.2 Å². The molecule has 0 bridgehead atoms. The van der Waals surface area contributed by atoms with Gasteiger partial charge in [0.15, 0.2) is 0 Å². The first-order chi connectivity index (χ1) is 6.15. The predicted molar refractivity (Wildman–Crippen MR) is 44.1 cm³/mol. The highest BCUT2D eigenvalue weighted by Crippen LogP contribution is 2.11. The van der Waals surface area contributed by atoms with E-state index in [1.807, 2.05) is 6.92 Å². The second-order valence-corrected chi connectivity index (χ2v) is 2.95. The van der Waals surface area contributed by atoms with E-state index >= 15 is 0 Å². The van der Waals surface area contributed by atoms with E-state index in [9.17, 15) is 9.59 Å². The van der Waals surface area contributed by atoms with Gasteiger partial charge < -0.3 is 14.4 Å². The van der Waals surface area contributed by atoms with Gasteiger partial charge in [0.1, 0.15) is 6.61 Å². The average molecular weight is 187 g/mol. The number of esters is 1. The number of amides is 1. The number of cyclic esters (lactones) is 1. The second kappa shape index (κ2) is 4.11. The van der Waals surface area contributed by atoms with Gasteiger partial charge in [0.25, 0.3) is 0 Å². The molecule has 0 aromatic heterocycles. The van der Waals surface area contributed by atoms with Crippen molar-refractivity contribution in [1.82, 2.24) is 4.90 Å². The van der Waals surface area contributed by atoms with Gasteiger partial charge >= 0.3 is 12.1 Å². The molecule has 0 aliphatic carbocycles. The average Bonchev–Trinajstić information content (AvgIpc) is 2.43. The molecule has 1 amide bonds. The zero-order valence-corrected chi connectivity index (χ0v) is 7.78. The minimum absolute atomic E-state index is 0.0529. The smallest absolute Gasteiger partial charge is 0.410 e. The van der Waals surface area contributed by atoms with Crippen LogP contribution in [0.15, 0.2) is 0 Å². The van der Waals surface area contributed by atoms with E-state index in [2.05, 4.69) is 4.74 Å². The SMILES string of the molecule is COC(=O)CCN1C(=O)OCC1C. The summed E-state index contributed by atoms with van der Waals surface area (Å²) in [6.07, 6.45) is -0.132. The zero-order chi connectivity index (χ0) is 9.84. The summed E-state index contributed by atoms with van der Waals surface area (Å²) >= 11 is 0. The molecule has 0 radical (unpaired) electrons. The minimum atomic E-state index is -0.351. The van der Waals surface area contributed by atoms with Gasteiger partial charge in [0, 0.05) is 6.54 Å². The Morgan fingerprint density at radius 3 is 2.92 bits per heavy atom. The van der Waals surface area contributed by atoms with Crippen LogP contribution in [0.2, 0.25) is 0 Å². The van der Waals surface area contributed by atoms with Crippen LogP contribution >= 0.6 is 0 Å². The van der Waals surface area contributed by atoms with Gasteiger partial charge in [-0.3, -0.25) is 4.79 Å². The van der Waals surface area contributed by atoms with Crippen molar-refractivity contribution >= 4 is 12.1 Å². The molecule has 1 rings (SSSR count). The molecule has 74 valence electrons. The maximum absolute atomic E-state index is 11.0. The van der Waals surface area contributed by atoms with E-state index in [-0.39, 0.29) is 24.5 Å². The lowest BCUT2D eigenvalue weighted by Gasteiger charge is -2.16. The largest absolute Gasteiger partial charge is 0.469 e. The van der Waals surface area contributed by atoms with Gasteiger partial charge in [-0.1, -0.05) is 0 Å². The Bertz CT molecular complexity index is 216. The van der Waals surface area contributed by atoms with Crippen molar-refractivity contribution < 1.29 is 19.1 Å². The first-order valence-corrected chi connectivity index (χ1v) is 4.15. The molecule has 0 aromatic rings. The summed E-state index contributed by atoms with van der Waals surface area (Å²) in [5, 5.41) is 0. The predicted octanol–water partition coefficient (Wildman–Crippen LogP) is 0.390. The van der Waals surface area contributed by atoms with E-state index in [4.69, 9.17) is 4.74 Å². The van der Waals surface area contributed by atoms with Crippen molar-refractivity contribution in [2.75, 3.05) is 20.3 Å². The molecule has 1 saturated heterocycles. The maximum atomic E-state index is 11.0. The third kappa shape index (κ3) is 2.34. The number of hydrogen-bond acceptors (Lipinski definition) is 4. The standard InChI is InChI=1S/C8H13NO4/c1-6-5-13-8(11)9(6)4-3-7(10)12-2/h6H,3-5H2,1-2H3. The highest BCUT2D eigenvalue weighted by atomic mass is 16.6. The van der Waals surface area contributed by atoms with Gasteiger partial charge in [-0.25, -0.2) is 4.79 Å². The Kier molecular flexibility index (Phi) is 3.11. The number of carbonyl (C=O) groups excluding carboxylic acids is 2. The lowest BCUT2D eigenvalue weighted by molar-refractivity contribution is -0.140. The summed E-state index contributed by atoms with van der Waals surface area (Å²) in [6, 6.07) is 0.0529. The molecule has 13 heavy (non-hydrogen) atoms. The summed E-state index contributed by atoms with van der Waals surface area (Å²) in [5.41, 5.74) is 0. The Morgan fingerprint density at radius 2 is 2.46 bits per heavy atom. The van der Waals surface area contributed by atoms with Gasteiger partial charge in [-0.05, 0) is 6.92 Å². The van der Waals surface area contributed by atoms with E-state index in [1.54, 1.807) is 0 Å². The molecule has 0 N–H and O–H groups in total. The van der Waals surface area contributed by atoms with Gasteiger partial charge in [0.05, 0.1) is 19.6 Å². The highest BCUT2D eigenvalue weighted by molar-refractivity contribution is 5.73. The Balaban J connectivity index is 2.35. The highest BCUT2D eigenvalue weighted by Gasteiger charge is 2.29. The van der Waals surface area contributed by atoms with Crippen LogP contribution < -0.4 is 0 Å². The van der Waals surface area contributed by atoms with Crippen LogP contribution in [-0.2, 0) is 14.3 Å². The van der Waals surface area contributed by atoms with E-state index < -0.39 is 0 Å². The van der Waals surface area contributed by atoms with Crippen LogP contribution in [0, 0.1) is 0 Å². The van der Waals surface area contributed by atoms with Crippen molar-refractivity contribution in [3.05, 3.63) is 0 Å². The third-order valence-corrected chi connectivity index (χ3v) is 2.00. The zero-order valence-electron chi connectivity index (χ0n) is 7.78. The molecule has 0 aromatic carbocycles. The monoisotopic (exact) mass is 187 g/mol. The minimum Gasteiger partial charge on any atom is -0.469 e. The Morgan fingerprint density at radius 1 is 1.77 bits per heavy atom. The van der Waals surface area contributed by atoms with Crippen molar-refractivity contribution in [2.45, 2.75) is 19.4 Å². The van der Waals surface area contributed by atoms with E-state index in [0.717, 1.165) is 0 Å². The van der Waals surface area contributed by atoms with Crippen LogP contribution in [0.3, 0.4) is 0 Å². The summed E-state index contributed by atoms with van der Waals surface area (Å²) in [5.74, 6) is -0.313. The quantitative estimate of drug-likeness (QED) is 0.600. The number of rotatable bonds is 3. The maximum Gasteiger partial charge on any atom is 0.410 e. The van der Waals surface area contributed by atoms with Crippen molar-refractivity contribution in [1.29, 1.82) is 0 Å². The number of methoxy groups -OCH3 is 1. The summed E-state index contributed by atoms with van der Waals surface area (Å²) in [6.45, 7) is 2.65. The van der Waals surface area contributed by atoms with Crippen LogP contribution in [-0.4, -0.2) is 43.3 Å². The summed E-state index contributed by atoms with van der Waals surface area (Å²) in [7, 11) is 1.33. The van der Waals surface area contributed by atoms with Crippen molar-refractivity contribution in [3.8, 4) is 0 Å². The van der Waals surface area contributed by atoms with Gasteiger partial charge in [-0.15, -0.1) is 0 Å². The van der Waals surface area contributed by atoms with Crippen molar-refractivity contribution in [2.24, 2.45) is 0 Å². The molecule has 1 aliphatic rings. The first kappa shape index (κ1) is 9.83. The van der Waals surface area contributed by atoms with Crippen molar-refractivity contribution in [3.63, 3.8) is 0 Å². The van der Waals surface area contributed by atoms with Crippen LogP contribution in [0.1, 0.15) is 13.3 Å². The molecular formula is C8H13NO4. The van der Waals surface area contributed by atoms with E-state index in [1.165, 1.54) is 12.0 Å². The number of hydrogen-bond donors (Lipinski definition) is 0. The van der Waals surface area contributed by atoms with Crippen LogP contribution in [0.5, 0.6) is 0 Å². The van der Waals surface area contributed by atoms with Gasteiger partial charge in [-0.2, -0.15) is 0 Å². The number of carbonyl (C=O) groups is 2. The van der Waals surface area contributed by atoms with Gasteiger partial charge in [0.2, 0.25) is 0 Å². The molecule has 0 spiro atoms. The fraction of sp³-hybridized carbons (Fsp3) is 0.750. The second-order valence-electron chi connectivity index (χ2n) is 2.95. The lowest BCUT2D eigenvalue weighted by atomic mass is 10.3. The molecule has 1 unspecified atom stereocenters. The van der Waals surface area contributed by atoms with Crippen LogP contribution in [0.4, 0.5) is 4.79 Å². The number of ether oxygens (including phenoxy) is 2. The molecule has 1 atom stereocenters. The normalized spacial score (nSPS) is 21.5. The topological polar surface area (TPSA) is 55.8 Å². The molecule has 1 fully saturated rings. The Labute approximate surface area is 76.6 Å². The fourth-order valence-corrected chi connectivity index (χ4v) is 1.17. The third-order valence-electron chi connectivity index (χ3n) is 2.00. The molecule has 1 aliphatic heterocycles. The lowest BCUT2D eigenvalue weighted by Crippen LogP contribution is -2.33. The fourth-order valence-electron chi connectivity index (χ4n) is 1.17. The Hall–Kier alpha value is -1.26. The molecule has 5 nitrogen and oxygen atoms in total.